The number of nitrogens with zero attached hydrogens (tertiary/aromatic N) is 2. The highest BCUT2D eigenvalue weighted by Crippen LogP contribution is 2.37. The maximum atomic E-state index is 12.5. The molecule has 0 aromatic heterocycles. The second-order valence-corrected chi connectivity index (χ2v) is 6.98. The smallest absolute Gasteiger partial charge is 0.406 e. The van der Waals surface area contributed by atoms with Crippen LogP contribution in [0.2, 0.25) is 0 Å². The molecule has 0 bridgehead atoms. The van der Waals surface area contributed by atoms with Crippen LogP contribution >= 0.6 is 0 Å². The summed E-state index contributed by atoms with van der Waals surface area (Å²) in [4.78, 5) is 0. The molecule has 150 valence electrons. The van der Waals surface area contributed by atoms with Crippen molar-refractivity contribution in [2.45, 2.75) is 45.3 Å². The number of rotatable bonds is 5. The van der Waals surface area contributed by atoms with E-state index in [0.29, 0.717) is 5.46 Å². The summed E-state index contributed by atoms with van der Waals surface area (Å²) in [5.41, 5.74) is 6.22. The van der Waals surface area contributed by atoms with Gasteiger partial charge in [0.05, 0.1) is 16.9 Å². The Morgan fingerprint density at radius 2 is 1.86 bits per heavy atom. The fraction of sp³-hybridized carbons (Fsp3) is 0.438. The maximum absolute atomic E-state index is 12.5. The molecule has 0 atom stereocenters. The van der Waals surface area contributed by atoms with Crippen LogP contribution in [0.5, 0.6) is 5.75 Å². The number of nitrogens with two attached hydrogens (primary N) is 1. The molecule has 4 N–H and O–H groups in total. The second-order valence-electron chi connectivity index (χ2n) is 6.98. The predicted molar refractivity (Wildman–Crippen MR) is 97.4 cm³/mol. The Labute approximate surface area is 160 Å². The van der Waals surface area contributed by atoms with Gasteiger partial charge in [-0.3, -0.25) is 10.8 Å². The molecule has 1 aromatic carbocycles. The van der Waals surface area contributed by atoms with Crippen molar-refractivity contribution in [3.05, 3.63) is 18.2 Å². The van der Waals surface area contributed by atoms with E-state index in [1.54, 1.807) is 6.07 Å². The van der Waals surface area contributed by atoms with Crippen molar-refractivity contribution < 1.29 is 27.2 Å². The summed E-state index contributed by atoms with van der Waals surface area (Å²) >= 11 is 0. The van der Waals surface area contributed by atoms with Crippen LogP contribution in [0.1, 0.15) is 27.7 Å². The standard InChI is InChI=1S/C16H19BF3N5O3/c1-14(2)15(3,4)28-17(27-14)10-6-5-9(26-16(18,19)20)7-11(10)24-25-12(8-21)13(22)23/h5-7,24H,1-4H3,(H3,22,23)/b25-12+. The van der Waals surface area contributed by atoms with Crippen LogP contribution in [0.3, 0.4) is 0 Å². The van der Waals surface area contributed by atoms with E-state index in [9.17, 15) is 13.2 Å². The van der Waals surface area contributed by atoms with Crippen LogP contribution in [-0.2, 0) is 9.31 Å². The third kappa shape index (κ3) is 4.73. The van der Waals surface area contributed by atoms with Gasteiger partial charge in [0.2, 0.25) is 5.71 Å². The average molecular weight is 397 g/mol. The van der Waals surface area contributed by atoms with E-state index < -0.39 is 42.0 Å². The SMILES string of the molecule is CC1(C)OB(c2ccc(OC(F)(F)F)cc2N/N=C(\C#N)C(=N)N)OC1(C)C. The lowest BCUT2D eigenvalue weighted by Gasteiger charge is -2.32. The second kappa shape index (κ2) is 7.33. The number of halogens is 3. The number of ether oxygens (including phenoxy) is 1. The lowest BCUT2D eigenvalue weighted by Crippen LogP contribution is -2.41. The number of alkyl halides is 3. The molecule has 1 fully saturated rings. The Morgan fingerprint density at radius 3 is 2.32 bits per heavy atom. The first kappa shape index (κ1) is 21.5. The molecule has 2 rings (SSSR count). The summed E-state index contributed by atoms with van der Waals surface area (Å²) in [6.07, 6.45) is -4.89. The molecule has 1 heterocycles. The van der Waals surface area contributed by atoms with Crippen molar-refractivity contribution in [1.29, 1.82) is 10.7 Å². The van der Waals surface area contributed by atoms with Gasteiger partial charge in [-0.2, -0.15) is 10.4 Å². The van der Waals surface area contributed by atoms with E-state index in [2.05, 4.69) is 15.3 Å². The largest absolute Gasteiger partial charge is 0.573 e. The first-order valence-corrected chi connectivity index (χ1v) is 8.09. The van der Waals surface area contributed by atoms with Crippen molar-refractivity contribution in [3.63, 3.8) is 0 Å². The summed E-state index contributed by atoms with van der Waals surface area (Å²) < 4.78 is 53.4. The summed E-state index contributed by atoms with van der Waals surface area (Å²) in [5.74, 6) is -1.11. The number of hydrogen-bond donors (Lipinski definition) is 3. The van der Waals surface area contributed by atoms with Crippen LogP contribution in [-0.4, -0.2) is 36.2 Å². The molecule has 0 spiro atoms. The molecule has 1 aliphatic heterocycles. The van der Waals surface area contributed by atoms with Crippen LogP contribution in [0.15, 0.2) is 23.3 Å². The molecule has 0 amide bonds. The van der Waals surface area contributed by atoms with E-state index in [1.807, 2.05) is 27.7 Å². The highest BCUT2D eigenvalue weighted by molar-refractivity contribution is 6.64. The molecule has 1 saturated heterocycles. The van der Waals surface area contributed by atoms with Crippen LogP contribution in [0, 0.1) is 16.7 Å². The van der Waals surface area contributed by atoms with Crippen LogP contribution in [0.4, 0.5) is 18.9 Å². The monoisotopic (exact) mass is 397 g/mol. The first-order chi connectivity index (χ1) is 12.8. The molecule has 0 aliphatic carbocycles. The van der Waals surface area contributed by atoms with Gasteiger partial charge >= 0.3 is 13.5 Å². The molecule has 8 nitrogen and oxygen atoms in total. The Kier molecular flexibility index (Phi) is 5.63. The molecule has 0 saturated carbocycles. The van der Waals surface area contributed by atoms with Gasteiger partial charge in [-0.1, -0.05) is 6.07 Å². The third-order valence-electron chi connectivity index (χ3n) is 4.41. The highest BCUT2D eigenvalue weighted by atomic mass is 19.4. The lowest BCUT2D eigenvalue weighted by molar-refractivity contribution is -0.274. The minimum absolute atomic E-state index is 0.0363. The molecular weight excluding hydrogens is 378 g/mol. The fourth-order valence-corrected chi connectivity index (χ4v) is 2.27. The molecular formula is C16H19BF3N5O3. The minimum Gasteiger partial charge on any atom is -0.406 e. The Morgan fingerprint density at radius 1 is 1.29 bits per heavy atom. The number of amidine groups is 1. The summed E-state index contributed by atoms with van der Waals surface area (Å²) in [5, 5.41) is 19.9. The van der Waals surface area contributed by atoms with Gasteiger partial charge in [-0.15, -0.1) is 13.2 Å². The zero-order valence-electron chi connectivity index (χ0n) is 15.6. The Bertz CT molecular complexity index is 833. The third-order valence-corrected chi connectivity index (χ3v) is 4.41. The number of nitrogens with one attached hydrogen (secondary N) is 2. The van der Waals surface area contributed by atoms with Crippen molar-refractivity contribution >= 4 is 29.8 Å². The molecule has 0 unspecified atom stereocenters. The fourth-order valence-electron chi connectivity index (χ4n) is 2.27. The van der Waals surface area contributed by atoms with Crippen molar-refractivity contribution in [3.8, 4) is 11.8 Å². The highest BCUT2D eigenvalue weighted by Gasteiger charge is 2.52. The number of benzene rings is 1. The number of anilines is 1. The molecule has 1 aliphatic rings. The topological polar surface area (TPSA) is 126 Å². The van der Waals surface area contributed by atoms with Crippen LogP contribution < -0.4 is 21.4 Å². The van der Waals surface area contributed by atoms with E-state index in [-0.39, 0.29) is 5.69 Å². The van der Waals surface area contributed by atoms with E-state index in [0.717, 1.165) is 12.1 Å². The average Bonchev–Trinajstić information content (AvgIpc) is 2.74. The molecule has 28 heavy (non-hydrogen) atoms. The number of hydrogen-bond acceptors (Lipinski definition) is 7. The van der Waals surface area contributed by atoms with Gasteiger partial charge in [0.25, 0.3) is 0 Å². The van der Waals surface area contributed by atoms with Gasteiger partial charge in [0, 0.05) is 11.5 Å². The van der Waals surface area contributed by atoms with Gasteiger partial charge in [-0.25, -0.2) is 0 Å². The quantitative estimate of drug-likeness (QED) is 0.303. The number of nitriles is 1. The van der Waals surface area contributed by atoms with Gasteiger partial charge < -0.3 is 19.8 Å². The molecule has 12 heteroatoms. The van der Waals surface area contributed by atoms with Crippen molar-refractivity contribution in [2.24, 2.45) is 10.8 Å². The Balaban J connectivity index is 2.45. The first-order valence-electron chi connectivity index (χ1n) is 8.09. The predicted octanol–water partition coefficient (Wildman–Crippen LogP) is 2.11. The minimum atomic E-state index is -4.89. The summed E-state index contributed by atoms with van der Waals surface area (Å²) in [7, 11) is -0.912. The van der Waals surface area contributed by atoms with E-state index in [1.165, 1.54) is 6.07 Å². The Hall–Kier alpha value is -2.78. The molecule has 0 radical (unpaired) electrons. The maximum Gasteiger partial charge on any atom is 0.573 e. The summed E-state index contributed by atoms with van der Waals surface area (Å²) in [6.45, 7) is 7.29. The van der Waals surface area contributed by atoms with Gasteiger partial charge in [0.15, 0.2) is 5.84 Å². The summed E-state index contributed by atoms with van der Waals surface area (Å²) in [6, 6.07) is 5.08. The van der Waals surface area contributed by atoms with E-state index in [4.69, 9.17) is 25.7 Å². The zero-order valence-corrected chi connectivity index (χ0v) is 15.6. The lowest BCUT2D eigenvalue weighted by atomic mass is 9.78. The zero-order chi connectivity index (χ0) is 21.3. The molecule has 1 aromatic rings. The van der Waals surface area contributed by atoms with Crippen LogP contribution in [0.25, 0.3) is 0 Å². The van der Waals surface area contributed by atoms with Crippen molar-refractivity contribution in [2.75, 3.05) is 5.43 Å². The van der Waals surface area contributed by atoms with Gasteiger partial charge in [-0.05, 0) is 33.8 Å². The number of hydrazone groups is 1. The normalized spacial score (nSPS) is 18.5. The van der Waals surface area contributed by atoms with Gasteiger partial charge in [0.1, 0.15) is 11.8 Å². The van der Waals surface area contributed by atoms with E-state index >= 15 is 0 Å². The van der Waals surface area contributed by atoms with Crippen molar-refractivity contribution in [1.82, 2.24) is 0 Å².